The highest BCUT2D eigenvalue weighted by atomic mass is 16.6. The molecule has 1 saturated heterocycles. The van der Waals surface area contributed by atoms with Gasteiger partial charge in [0.15, 0.2) is 6.23 Å². The zero-order valence-corrected chi connectivity index (χ0v) is 25.1. The van der Waals surface area contributed by atoms with Gasteiger partial charge in [0.2, 0.25) is 5.91 Å². The van der Waals surface area contributed by atoms with E-state index >= 15 is 0 Å². The molecule has 1 unspecified atom stereocenters. The first-order chi connectivity index (χ1) is 20.3. The van der Waals surface area contributed by atoms with E-state index in [1.54, 1.807) is 0 Å². The highest BCUT2D eigenvalue weighted by molar-refractivity contribution is 5.94. The maximum atomic E-state index is 13.8. The molecule has 4 saturated carbocycles. The fraction of sp³-hybridized carbons (Fsp3) is 0.727. The van der Waals surface area contributed by atoms with Crippen LogP contribution in [0.25, 0.3) is 0 Å². The van der Waals surface area contributed by atoms with Crippen LogP contribution in [-0.2, 0) is 25.5 Å². The number of piperidine rings is 1. The van der Waals surface area contributed by atoms with Crippen molar-refractivity contribution in [1.82, 2.24) is 10.2 Å². The van der Waals surface area contributed by atoms with Crippen LogP contribution in [0.3, 0.4) is 0 Å². The minimum absolute atomic E-state index is 0.0221. The van der Waals surface area contributed by atoms with Crippen molar-refractivity contribution in [2.24, 2.45) is 35.5 Å². The average molecular weight is 582 g/mol. The Hall–Kier alpha value is -2.81. The second-order valence-corrected chi connectivity index (χ2v) is 13.8. The Morgan fingerprint density at radius 1 is 1.02 bits per heavy atom. The Balaban J connectivity index is 1.08. The van der Waals surface area contributed by atoms with E-state index in [4.69, 9.17) is 14.2 Å². The van der Waals surface area contributed by atoms with Gasteiger partial charge in [-0.1, -0.05) is 19.9 Å². The lowest BCUT2D eigenvalue weighted by Crippen LogP contribution is -2.52. The molecule has 0 radical (unpaired) electrons. The first kappa shape index (κ1) is 29.3. The molecule has 1 aromatic rings. The van der Waals surface area contributed by atoms with Gasteiger partial charge in [-0.3, -0.25) is 14.5 Å². The van der Waals surface area contributed by atoms with Crippen molar-refractivity contribution in [1.29, 1.82) is 0 Å². The molecule has 4 aliphatic carbocycles. The molecule has 2 heterocycles. The highest BCUT2D eigenvalue weighted by Crippen LogP contribution is 2.56. The van der Waals surface area contributed by atoms with Gasteiger partial charge in [0, 0.05) is 43.2 Å². The topological polar surface area (TPSA) is 106 Å². The summed E-state index contributed by atoms with van der Waals surface area (Å²) in [7, 11) is 0. The smallest absolute Gasteiger partial charge is 0.407 e. The maximum Gasteiger partial charge on any atom is 0.407 e. The van der Waals surface area contributed by atoms with Crippen LogP contribution in [0, 0.1) is 35.5 Å². The lowest BCUT2D eigenvalue weighted by Gasteiger charge is -2.53. The normalized spacial score (nSPS) is 29.5. The third kappa shape index (κ3) is 6.71. The van der Waals surface area contributed by atoms with Crippen LogP contribution in [0.2, 0.25) is 0 Å². The van der Waals surface area contributed by atoms with Crippen molar-refractivity contribution in [3.05, 3.63) is 23.8 Å². The number of nitrogens with one attached hydrogen (secondary N) is 2. The number of anilines is 1. The number of benzene rings is 1. The molecular weight excluding hydrogens is 534 g/mol. The molecule has 6 aliphatic rings. The van der Waals surface area contributed by atoms with Crippen molar-refractivity contribution in [2.75, 3.05) is 31.6 Å². The van der Waals surface area contributed by atoms with E-state index in [9.17, 15) is 14.4 Å². The molecule has 9 heteroatoms. The molecule has 42 heavy (non-hydrogen) atoms. The predicted molar refractivity (Wildman–Crippen MR) is 158 cm³/mol. The summed E-state index contributed by atoms with van der Waals surface area (Å²) < 4.78 is 18.0. The van der Waals surface area contributed by atoms with E-state index in [1.807, 2.05) is 32.0 Å². The first-order valence-corrected chi connectivity index (χ1v) is 16.2. The molecule has 2 amide bonds. The molecule has 2 aliphatic heterocycles. The molecule has 1 atom stereocenters. The van der Waals surface area contributed by atoms with Gasteiger partial charge in [-0.25, -0.2) is 4.79 Å². The molecule has 0 aromatic heterocycles. The summed E-state index contributed by atoms with van der Waals surface area (Å²) >= 11 is 0. The first-order valence-electron chi connectivity index (χ1n) is 16.2. The Bertz CT molecular complexity index is 1120. The second-order valence-electron chi connectivity index (χ2n) is 13.8. The molecule has 4 bridgehead atoms. The van der Waals surface area contributed by atoms with Crippen LogP contribution in [0.15, 0.2) is 18.2 Å². The number of hydrogen-bond acceptors (Lipinski definition) is 7. The molecule has 1 aromatic carbocycles. The molecule has 0 spiro atoms. The van der Waals surface area contributed by atoms with Crippen LogP contribution in [0.5, 0.6) is 5.75 Å². The van der Waals surface area contributed by atoms with E-state index < -0.39 is 0 Å². The van der Waals surface area contributed by atoms with Crippen molar-refractivity contribution in [3.63, 3.8) is 0 Å². The Morgan fingerprint density at radius 3 is 2.43 bits per heavy atom. The fourth-order valence-electron chi connectivity index (χ4n) is 8.42. The van der Waals surface area contributed by atoms with Crippen molar-refractivity contribution >= 4 is 23.7 Å². The lowest BCUT2D eigenvalue weighted by molar-refractivity contribution is -0.179. The summed E-state index contributed by atoms with van der Waals surface area (Å²) in [5.41, 5.74) is 1.84. The largest absolute Gasteiger partial charge is 0.493 e. The molecule has 5 fully saturated rings. The predicted octanol–water partition coefficient (Wildman–Crippen LogP) is 5.13. The van der Waals surface area contributed by atoms with Crippen LogP contribution in [0.4, 0.5) is 10.5 Å². The fourth-order valence-corrected chi connectivity index (χ4v) is 8.42. The second kappa shape index (κ2) is 12.8. The Morgan fingerprint density at radius 2 is 1.74 bits per heavy atom. The third-order valence-corrected chi connectivity index (χ3v) is 10.2. The Labute approximate surface area is 249 Å². The molecular formula is C33H47N3O6. The number of alkyl carbamates (subject to hydrolysis) is 1. The van der Waals surface area contributed by atoms with Gasteiger partial charge in [0.1, 0.15) is 5.75 Å². The quantitative estimate of drug-likeness (QED) is 0.369. The van der Waals surface area contributed by atoms with Gasteiger partial charge < -0.3 is 24.8 Å². The molecule has 9 nitrogen and oxygen atoms in total. The number of fused-ring (bicyclic) bond motifs is 1. The summed E-state index contributed by atoms with van der Waals surface area (Å²) in [6.45, 7) is 6.30. The Kier molecular flexibility index (Phi) is 8.93. The van der Waals surface area contributed by atoms with Gasteiger partial charge in [-0.05, 0) is 93.1 Å². The summed E-state index contributed by atoms with van der Waals surface area (Å²) in [5.74, 6) is 3.68. The molecule has 230 valence electrons. The summed E-state index contributed by atoms with van der Waals surface area (Å²) in [5, 5.41) is 5.94. The van der Waals surface area contributed by atoms with E-state index in [0.29, 0.717) is 50.2 Å². The van der Waals surface area contributed by atoms with Crippen LogP contribution in [0.1, 0.15) is 77.2 Å². The summed E-state index contributed by atoms with van der Waals surface area (Å²) in [6, 6.07) is 5.80. The van der Waals surface area contributed by atoms with E-state index in [1.165, 1.54) is 32.1 Å². The van der Waals surface area contributed by atoms with Gasteiger partial charge in [0.25, 0.3) is 0 Å². The summed E-state index contributed by atoms with van der Waals surface area (Å²) in [4.78, 5) is 40.1. The number of hydrogen-bond donors (Lipinski definition) is 2. The monoisotopic (exact) mass is 581 g/mol. The number of nitrogens with zero attached hydrogens (tertiary/aromatic N) is 1. The maximum absolute atomic E-state index is 13.8. The minimum atomic E-state index is -0.372. The number of likely N-dealkylation sites (tertiary alicyclic amines) is 1. The lowest BCUT2D eigenvalue weighted by atomic mass is 9.52. The number of esters is 1. The minimum Gasteiger partial charge on any atom is -0.493 e. The van der Waals surface area contributed by atoms with Crippen molar-refractivity contribution in [2.45, 2.75) is 90.3 Å². The number of rotatable bonds is 10. The van der Waals surface area contributed by atoms with E-state index in [-0.39, 0.29) is 36.2 Å². The SMILES string of the molecule is CC(C)COC(=O)NC1CCN(C(CCOc2cccc3c2CCC(=O)N3)OC(=O)C2C3CC4CC(C3)CC2C4)CC1. The van der Waals surface area contributed by atoms with E-state index in [0.717, 1.165) is 54.8 Å². The van der Waals surface area contributed by atoms with Crippen LogP contribution >= 0.6 is 0 Å². The standard InChI is InChI=1S/C33H47N3O6/c1-20(2)19-41-33(39)34-25-8-11-36(12-9-25)30(10-13-40-28-5-3-4-27-26(28)6-7-29(37)35-27)42-32(38)31-23-15-21-14-22(17-23)18-24(31)16-21/h3-5,20-25,30-31H,6-19H2,1-2H3,(H,34,39)(H,35,37). The zero-order valence-electron chi connectivity index (χ0n) is 25.1. The molecule has 2 N–H and O–H groups in total. The summed E-state index contributed by atoms with van der Waals surface area (Å²) in [6.07, 6.45) is 8.56. The number of carbonyl (C=O) groups is 3. The van der Waals surface area contributed by atoms with Gasteiger partial charge in [-0.15, -0.1) is 0 Å². The van der Waals surface area contributed by atoms with Crippen molar-refractivity contribution in [3.8, 4) is 5.75 Å². The van der Waals surface area contributed by atoms with E-state index in [2.05, 4.69) is 15.5 Å². The average Bonchev–Trinajstić information content (AvgIpc) is 2.95. The van der Waals surface area contributed by atoms with Gasteiger partial charge >= 0.3 is 12.1 Å². The number of carbonyl (C=O) groups excluding carboxylic acids is 3. The van der Waals surface area contributed by atoms with Crippen LogP contribution < -0.4 is 15.4 Å². The zero-order chi connectivity index (χ0) is 29.2. The van der Waals surface area contributed by atoms with Crippen LogP contribution in [-0.4, -0.2) is 61.4 Å². The number of ether oxygens (including phenoxy) is 3. The third-order valence-electron chi connectivity index (χ3n) is 10.2. The highest BCUT2D eigenvalue weighted by Gasteiger charge is 2.52. The van der Waals surface area contributed by atoms with Gasteiger partial charge in [-0.2, -0.15) is 0 Å². The number of amides is 2. The van der Waals surface area contributed by atoms with Crippen molar-refractivity contribution < 1.29 is 28.6 Å². The molecule has 7 rings (SSSR count). The van der Waals surface area contributed by atoms with Gasteiger partial charge in [0.05, 0.1) is 19.1 Å².